The lowest BCUT2D eigenvalue weighted by Crippen LogP contribution is -2.29. The van der Waals surface area contributed by atoms with Crippen LogP contribution in [0.5, 0.6) is 0 Å². The molecule has 0 bridgehead atoms. The molecule has 0 saturated carbocycles. The zero-order chi connectivity index (χ0) is 36.0. The number of amides is 1. The van der Waals surface area contributed by atoms with E-state index in [0.717, 1.165) is 67.0 Å². The molecule has 1 aliphatic heterocycles. The summed E-state index contributed by atoms with van der Waals surface area (Å²) in [5.74, 6) is 0.417. The van der Waals surface area contributed by atoms with Gasteiger partial charge in [-0.05, 0) is 62.1 Å². The van der Waals surface area contributed by atoms with Gasteiger partial charge in [-0.3, -0.25) is 9.59 Å². The average Bonchev–Trinajstić information content (AvgIpc) is 3.38. The summed E-state index contributed by atoms with van der Waals surface area (Å²) in [7, 11) is 0. The minimum atomic E-state index is -0.371. The van der Waals surface area contributed by atoms with Gasteiger partial charge in [0.25, 0.3) is 5.91 Å². The van der Waals surface area contributed by atoms with Crippen molar-refractivity contribution in [2.45, 2.75) is 117 Å². The van der Waals surface area contributed by atoms with Gasteiger partial charge in [-0.1, -0.05) is 91.2 Å². The van der Waals surface area contributed by atoms with Crippen LogP contribution in [0.15, 0.2) is 51.6 Å². The van der Waals surface area contributed by atoms with Gasteiger partial charge < -0.3 is 14.5 Å². The molecule has 264 valence electrons. The van der Waals surface area contributed by atoms with Crippen LogP contribution in [-0.4, -0.2) is 48.8 Å². The van der Waals surface area contributed by atoms with Gasteiger partial charge in [0, 0.05) is 23.7 Å². The van der Waals surface area contributed by atoms with E-state index >= 15 is 0 Å². The third-order valence-corrected chi connectivity index (χ3v) is 9.98. The molecule has 1 atom stereocenters. The highest BCUT2D eigenvalue weighted by Gasteiger charge is 2.36. The fraction of sp³-hybridized carbons (Fsp3) is 0.575. The van der Waals surface area contributed by atoms with Crippen molar-refractivity contribution in [3.8, 4) is 18.2 Å². The van der Waals surface area contributed by atoms with Gasteiger partial charge in [-0.2, -0.15) is 15.8 Å². The molecule has 0 radical (unpaired) electrons. The van der Waals surface area contributed by atoms with E-state index in [1.807, 2.05) is 44.2 Å². The molecule has 1 amide bonds. The molecule has 49 heavy (non-hydrogen) atoms. The zero-order valence-corrected chi connectivity index (χ0v) is 31.2. The SMILES string of the molecule is CCCCCCCCSc1cc(N(CC)CCOC(=O)C(CC)CCCC)ccc1/C=C/C1=C(C#N)C(=C(C#N)C#N)N(CCCC)C1=O. The van der Waals surface area contributed by atoms with Crippen LogP contribution in [-0.2, 0) is 14.3 Å². The van der Waals surface area contributed by atoms with E-state index in [2.05, 4.69) is 37.8 Å². The van der Waals surface area contributed by atoms with Gasteiger partial charge >= 0.3 is 5.97 Å². The van der Waals surface area contributed by atoms with Crippen molar-refractivity contribution in [2.75, 3.05) is 36.9 Å². The number of benzene rings is 1. The molecule has 1 aromatic rings. The van der Waals surface area contributed by atoms with Crippen molar-refractivity contribution in [1.29, 1.82) is 15.8 Å². The molecule has 1 unspecified atom stereocenters. The summed E-state index contributed by atoms with van der Waals surface area (Å²) in [5.41, 5.74) is 2.06. The molecule has 8 nitrogen and oxygen atoms in total. The van der Waals surface area contributed by atoms with E-state index in [4.69, 9.17) is 4.74 Å². The topological polar surface area (TPSA) is 121 Å². The van der Waals surface area contributed by atoms with Gasteiger partial charge in [-0.15, -0.1) is 11.8 Å². The minimum absolute atomic E-state index is 0.0498. The highest BCUT2D eigenvalue weighted by atomic mass is 32.2. The number of nitriles is 3. The molecule has 0 spiro atoms. The summed E-state index contributed by atoms with van der Waals surface area (Å²) in [6, 6.07) is 12.1. The van der Waals surface area contributed by atoms with Crippen LogP contribution < -0.4 is 4.90 Å². The summed E-state index contributed by atoms with van der Waals surface area (Å²) in [6.45, 7) is 12.4. The largest absolute Gasteiger partial charge is 0.464 e. The van der Waals surface area contributed by atoms with E-state index < -0.39 is 0 Å². The molecule has 0 aliphatic carbocycles. The number of hydrogen-bond acceptors (Lipinski definition) is 8. The van der Waals surface area contributed by atoms with E-state index in [0.29, 0.717) is 26.1 Å². The van der Waals surface area contributed by atoms with Crippen molar-refractivity contribution in [2.24, 2.45) is 5.92 Å². The first kappa shape index (κ1) is 41.2. The van der Waals surface area contributed by atoms with Crippen LogP contribution in [0.3, 0.4) is 0 Å². The Morgan fingerprint density at radius 3 is 2.27 bits per heavy atom. The van der Waals surface area contributed by atoms with E-state index in [9.17, 15) is 25.4 Å². The van der Waals surface area contributed by atoms with Crippen LogP contribution in [0.1, 0.15) is 117 Å². The van der Waals surface area contributed by atoms with Crippen LogP contribution in [0.4, 0.5) is 5.69 Å². The lowest BCUT2D eigenvalue weighted by atomic mass is 10.00. The summed E-state index contributed by atoms with van der Waals surface area (Å²) in [5, 5.41) is 29.3. The summed E-state index contributed by atoms with van der Waals surface area (Å²) in [6.07, 6.45) is 16.0. The Morgan fingerprint density at radius 2 is 1.63 bits per heavy atom. The van der Waals surface area contributed by atoms with Crippen molar-refractivity contribution < 1.29 is 14.3 Å². The monoisotopic (exact) mass is 685 g/mol. The van der Waals surface area contributed by atoms with Crippen LogP contribution >= 0.6 is 11.8 Å². The van der Waals surface area contributed by atoms with E-state index in [-0.39, 0.29) is 40.2 Å². The molecule has 1 heterocycles. The maximum Gasteiger partial charge on any atom is 0.308 e. The molecule has 0 fully saturated rings. The van der Waals surface area contributed by atoms with Crippen molar-refractivity contribution in [1.82, 2.24) is 4.90 Å². The molecule has 0 aromatic heterocycles. The number of anilines is 1. The van der Waals surface area contributed by atoms with Crippen molar-refractivity contribution in [3.63, 3.8) is 0 Å². The third kappa shape index (κ3) is 12.4. The summed E-state index contributed by atoms with van der Waals surface area (Å²) < 4.78 is 5.71. The molecule has 0 N–H and O–H groups in total. The Morgan fingerprint density at radius 1 is 0.939 bits per heavy atom. The minimum Gasteiger partial charge on any atom is -0.464 e. The van der Waals surface area contributed by atoms with Crippen LogP contribution in [0.2, 0.25) is 0 Å². The molecule has 2 rings (SSSR count). The molecule has 0 saturated heterocycles. The fourth-order valence-electron chi connectivity index (χ4n) is 5.81. The Balaban J connectivity index is 2.39. The number of rotatable bonds is 23. The summed E-state index contributed by atoms with van der Waals surface area (Å²) in [4.78, 5) is 30.9. The molecule has 1 aliphatic rings. The number of nitrogens with zero attached hydrogens (tertiary/aromatic N) is 5. The Hall–Kier alpha value is -4.00. The van der Waals surface area contributed by atoms with Gasteiger partial charge in [0.2, 0.25) is 0 Å². The third-order valence-electron chi connectivity index (χ3n) is 8.83. The smallest absolute Gasteiger partial charge is 0.308 e. The highest BCUT2D eigenvalue weighted by molar-refractivity contribution is 7.99. The van der Waals surface area contributed by atoms with E-state index in [1.54, 1.807) is 17.8 Å². The number of likely N-dealkylation sites (N-methyl/N-ethyl adjacent to an activating group) is 1. The normalized spacial score (nSPS) is 13.4. The number of thioether (sulfide) groups is 1. The first-order valence-corrected chi connectivity index (χ1v) is 19.2. The quantitative estimate of drug-likeness (QED) is 0.0483. The van der Waals surface area contributed by atoms with Crippen molar-refractivity contribution in [3.05, 3.63) is 52.3 Å². The second-order valence-electron chi connectivity index (χ2n) is 12.3. The first-order valence-electron chi connectivity index (χ1n) is 18.2. The van der Waals surface area contributed by atoms with E-state index in [1.165, 1.54) is 37.0 Å². The van der Waals surface area contributed by atoms with Crippen LogP contribution in [0, 0.1) is 39.9 Å². The highest BCUT2D eigenvalue weighted by Crippen LogP contribution is 2.35. The zero-order valence-electron chi connectivity index (χ0n) is 30.4. The number of hydrogen-bond donors (Lipinski definition) is 0. The molecular weight excluding hydrogens is 631 g/mol. The number of esters is 1. The fourth-order valence-corrected chi connectivity index (χ4v) is 6.88. The lowest BCUT2D eigenvalue weighted by molar-refractivity contribution is -0.148. The first-order chi connectivity index (χ1) is 23.8. The predicted octanol–water partition coefficient (Wildman–Crippen LogP) is 9.50. The van der Waals surface area contributed by atoms with Crippen LogP contribution in [0.25, 0.3) is 6.08 Å². The number of allylic oxidation sites excluding steroid dienone is 2. The Bertz CT molecular complexity index is 1440. The average molecular weight is 686 g/mol. The maximum absolute atomic E-state index is 13.6. The van der Waals surface area contributed by atoms with Crippen molar-refractivity contribution >= 4 is 35.4 Å². The maximum atomic E-state index is 13.6. The Kier molecular flexibility index (Phi) is 19.6. The second kappa shape index (κ2) is 23.4. The number of carbonyl (C=O) groups excluding carboxylic acids is 2. The standard InChI is InChI=1S/C40H55N5O3S/c1-6-11-14-15-16-17-26-49-37-27-34(44(10-5)24-25-48-40(47)31(9-4)18-12-7-2)21-19-32(37)20-22-35-36(30-43)38(33(28-41)29-42)45(39(35)46)23-13-8-3/h19-22,27,31H,6-18,23-26H2,1-5H3/b22-20+. The Labute approximate surface area is 299 Å². The van der Waals surface area contributed by atoms with Gasteiger partial charge in [0.1, 0.15) is 24.8 Å². The second-order valence-corrected chi connectivity index (χ2v) is 13.5. The molecule has 9 heteroatoms. The number of carbonyl (C=O) groups is 2. The number of unbranched alkanes of at least 4 members (excludes halogenated alkanes) is 7. The van der Waals surface area contributed by atoms with Gasteiger partial charge in [0.15, 0.2) is 5.57 Å². The van der Waals surface area contributed by atoms with Gasteiger partial charge in [0.05, 0.1) is 29.3 Å². The summed E-state index contributed by atoms with van der Waals surface area (Å²) >= 11 is 1.78. The lowest BCUT2D eigenvalue weighted by Gasteiger charge is -2.24. The predicted molar refractivity (Wildman–Crippen MR) is 199 cm³/mol. The molecule has 1 aromatic carbocycles. The number of ether oxygens (including phenoxy) is 1. The van der Waals surface area contributed by atoms with Gasteiger partial charge in [-0.25, -0.2) is 0 Å². The molecular formula is C40H55N5O3S.